The highest BCUT2D eigenvalue weighted by Gasteiger charge is 2.34. The van der Waals surface area contributed by atoms with Gasteiger partial charge in [-0.05, 0) is 18.6 Å². The van der Waals surface area contributed by atoms with Crippen molar-refractivity contribution in [2.75, 3.05) is 31.9 Å². The van der Waals surface area contributed by atoms with Gasteiger partial charge in [0.05, 0.1) is 15.8 Å². The van der Waals surface area contributed by atoms with Gasteiger partial charge in [-0.15, -0.1) is 0 Å². The molecule has 1 aliphatic rings. The van der Waals surface area contributed by atoms with Gasteiger partial charge in [-0.1, -0.05) is 49.0 Å². The second kappa shape index (κ2) is 8.54. The molecular weight excluding hydrogens is 407 g/mol. The highest BCUT2D eigenvalue weighted by atomic mass is 35.5. The van der Waals surface area contributed by atoms with Gasteiger partial charge in [0.1, 0.15) is 4.90 Å². The summed E-state index contributed by atoms with van der Waals surface area (Å²) in [4.78, 5) is -0.127. The number of unbranched alkanes of at least 4 members (excludes halogenated alkanes) is 2. The van der Waals surface area contributed by atoms with Crippen molar-refractivity contribution in [3.05, 3.63) is 28.2 Å². The van der Waals surface area contributed by atoms with Crippen LogP contribution in [0, 0.1) is 0 Å². The zero-order chi connectivity index (χ0) is 18.7. The number of benzene rings is 1. The van der Waals surface area contributed by atoms with E-state index in [1.165, 1.54) is 20.7 Å². The van der Waals surface area contributed by atoms with E-state index in [2.05, 4.69) is 0 Å². The number of hydrogen-bond donors (Lipinski definition) is 0. The quantitative estimate of drug-likeness (QED) is 0.625. The maximum absolute atomic E-state index is 12.8. The van der Waals surface area contributed by atoms with Crippen molar-refractivity contribution < 1.29 is 16.8 Å². The summed E-state index contributed by atoms with van der Waals surface area (Å²) >= 11 is 12.0. The molecular formula is C15H22Cl2N2O4S2. The van der Waals surface area contributed by atoms with Crippen LogP contribution in [0.25, 0.3) is 0 Å². The standard InChI is InChI=1S/C15H22Cl2N2O4S2/c1-2-3-4-12-24(20,21)18-8-10-19(11-9-18)25(22,23)15-13(16)6-5-7-14(15)17/h5-7H,2-4,8-12H2,1H3. The lowest BCUT2D eigenvalue weighted by atomic mass is 10.3. The van der Waals surface area contributed by atoms with Crippen LogP contribution in [0.15, 0.2) is 23.1 Å². The Morgan fingerprint density at radius 2 is 1.44 bits per heavy atom. The normalized spacial score (nSPS) is 17.7. The van der Waals surface area contributed by atoms with Crippen LogP contribution in [0.4, 0.5) is 0 Å². The summed E-state index contributed by atoms with van der Waals surface area (Å²) in [5, 5.41) is 0.115. The summed E-state index contributed by atoms with van der Waals surface area (Å²) < 4.78 is 52.8. The van der Waals surface area contributed by atoms with Crippen molar-refractivity contribution in [2.24, 2.45) is 0 Å². The molecule has 0 radical (unpaired) electrons. The molecule has 6 nitrogen and oxygen atoms in total. The molecule has 0 unspecified atom stereocenters. The van der Waals surface area contributed by atoms with Gasteiger partial charge in [0.2, 0.25) is 20.0 Å². The van der Waals surface area contributed by atoms with E-state index < -0.39 is 20.0 Å². The SMILES string of the molecule is CCCCCS(=O)(=O)N1CCN(S(=O)(=O)c2c(Cl)cccc2Cl)CC1. The maximum Gasteiger partial charge on any atom is 0.246 e. The molecule has 1 aromatic carbocycles. The van der Waals surface area contributed by atoms with E-state index >= 15 is 0 Å². The highest BCUT2D eigenvalue weighted by molar-refractivity contribution is 7.89. The Morgan fingerprint density at radius 1 is 0.920 bits per heavy atom. The minimum Gasteiger partial charge on any atom is -0.212 e. The van der Waals surface area contributed by atoms with Crippen LogP contribution in [0.3, 0.4) is 0 Å². The van der Waals surface area contributed by atoms with E-state index in [1.807, 2.05) is 6.92 Å². The second-order valence-corrected chi connectivity index (χ2v) is 10.7. The minimum atomic E-state index is -3.87. The summed E-state index contributed by atoms with van der Waals surface area (Å²) in [6, 6.07) is 4.51. The molecule has 1 fully saturated rings. The largest absolute Gasteiger partial charge is 0.246 e. The number of hydrogen-bond acceptors (Lipinski definition) is 4. The first-order valence-electron chi connectivity index (χ1n) is 8.12. The molecule has 0 aliphatic carbocycles. The van der Waals surface area contributed by atoms with Gasteiger partial charge in [-0.3, -0.25) is 0 Å². The molecule has 25 heavy (non-hydrogen) atoms. The molecule has 0 amide bonds. The summed E-state index contributed by atoms with van der Waals surface area (Å²) in [6.07, 6.45) is 2.42. The monoisotopic (exact) mass is 428 g/mol. The molecule has 1 saturated heterocycles. The lowest BCUT2D eigenvalue weighted by molar-refractivity contribution is 0.272. The van der Waals surface area contributed by atoms with Gasteiger partial charge < -0.3 is 0 Å². The molecule has 1 heterocycles. The van der Waals surface area contributed by atoms with Gasteiger partial charge >= 0.3 is 0 Å². The van der Waals surface area contributed by atoms with Crippen LogP contribution < -0.4 is 0 Å². The first-order chi connectivity index (χ1) is 11.7. The van der Waals surface area contributed by atoms with Gasteiger partial charge in [0, 0.05) is 26.2 Å². The van der Waals surface area contributed by atoms with Crippen molar-refractivity contribution in [2.45, 2.75) is 31.1 Å². The van der Waals surface area contributed by atoms with Crippen LogP contribution in [0.5, 0.6) is 0 Å². The molecule has 0 N–H and O–H groups in total. The summed E-state index contributed by atoms with van der Waals surface area (Å²) in [5.74, 6) is 0.101. The predicted octanol–water partition coefficient (Wildman–Crippen LogP) is 2.82. The van der Waals surface area contributed by atoms with Crippen molar-refractivity contribution in [3.63, 3.8) is 0 Å². The van der Waals surface area contributed by atoms with Crippen LogP contribution in [-0.4, -0.2) is 57.4 Å². The summed E-state index contributed by atoms with van der Waals surface area (Å²) in [5.41, 5.74) is 0. The molecule has 1 aliphatic heterocycles. The molecule has 10 heteroatoms. The number of nitrogens with zero attached hydrogens (tertiary/aromatic N) is 2. The third-order valence-electron chi connectivity index (χ3n) is 4.11. The van der Waals surface area contributed by atoms with Crippen LogP contribution in [0.2, 0.25) is 10.0 Å². The first kappa shape index (κ1) is 20.9. The Kier molecular flexibility index (Phi) is 7.15. The van der Waals surface area contributed by atoms with E-state index in [0.29, 0.717) is 6.42 Å². The minimum absolute atomic E-state index is 0.0575. The zero-order valence-electron chi connectivity index (χ0n) is 14.0. The van der Waals surface area contributed by atoms with Crippen LogP contribution in [0.1, 0.15) is 26.2 Å². The molecule has 142 valence electrons. The Bertz CT molecular complexity index is 785. The zero-order valence-corrected chi connectivity index (χ0v) is 17.1. The number of piperazine rings is 1. The van der Waals surface area contributed by atoms with E-state index in [9.17, 15) is 16.8 Å². The number of halogens is 2. The molecule has 0 atom stereocenters. The molecule has 2 rings (SSSR count). The van der Waals surface area contributed by atoms with Gasteiger partial charge in [-0.2, -0.15) is 8.61 Å². The molecule has 0 bridgehead atoms. The Labute approximate surface area is 159 Å². The van der Waals surface area contributed by atoms with Gasteiger partial charge in [-0.25, -0.2) is 16.8 Å². The molecule has 0 spiro atoms. The fourth-order valence-electron chi connectivity index (χ4n) is 2.71. The number of rotatable bonds is 7. The van der Waals surface area contributed by atoms with Crippen molar-refractivity contribution in [1.29, 1.82) is 0 Å². The third kappa shape index (κ3) is 4.87. The van der Waals surface area contributed by atoms with Crippen molar-refractivity contribution in [3.8, 4) is 0 Å². The Hall–Kier alpha value is -0.380. The number of sulfonamides is 2. The van der Waals surface area contributed by atoms with E-state index in [-0.39, 0.29) is 46.9 Å². The fourth-order valence-corrected chi connectivity index (χ4v) is 6.77. The van der Waals surface area contributed by atoms with E-state index in [1.54, 1.807) is 6.07 Å². The van der Waals surface area contributed by atoms with Crippen LogP contribution >= 0.6 is 23.2 Å². The summed E-state index contributed by atoms with van der Waals surface area (Å²) in [7, 11) is -7.21. The predicted molar refractivity (Wildman–Crippen MR) is 100 cm³/mol. The van der Waals surface area contributed by atoms with Gasteiger partial charge in [0.15, 0.2) is 0 Å². The second-order valence-electron chi connectivity index (χ2n) is 5.88. The highest BCUT2D eigenvalue weighted by Crippen LogP contribution is 2.32. The van der Waals surface area contributed by atoms with Crippen LogP contribution in [-0.2, 0) is 20.0 Å². The molecule has 0 saturated carbocycles. The average molecular weight is 429 g/mol. The molecule has 1 aromatic rings. The molecule has 0 aromatic heterocycles. The third-order valence-corrected chi connectivity index (χ3v) is 8.92. The lowest BCUT2D eigenvalue weighted by Crippen LogP contribution is -2.51. The lowest BCUT2D eigenvalue weighted by Gasteiger charge is -2.33. The van der Waals surface area contributed by atoms with Gasteiger partial charge in [0.25, 0.3) is 0 Å². The smallest absolute Gasteiger partial charge is 0.212 e. The Morgan fingerprint density at radius 3 is 1.96 bits per heavy atom. The Balaban J connectivity index is 2.09. The topological polar surface area (TPSA) is 74.8 Å². The fraction of sp³-hybridized carbons (Fsp3) is 0.600. The average Bonchev–Trinajstić information content (AvgIpc) is 2.55. The van der Waals surface area contributed by atoms with E-state index in [4.69, 9.17) is 23.2 Å². The van der Waals surface area contributed by atoms with Crippen molar-refractivity contribution >= 4 is 43.2 Å². The van der Waals surface area contributed by atoms with Crippen molar-refractivity contribution in [1.82, 2.24) is 8.61 Å². The first-order valence-corrected chi connectivity index (χ1v) is 11.9. The van der Waals surface area contributed by atoms with E-state index in [0.717, 1.165) is 12.8 Å². The maximum atomic E-state index is 12.8. The summed E-state index contributed by atoms with van der Waals surface area (Å²) in [6.45, 7) is 2.44.